The van der Waals surface area contributed by atoms with Crippen molar-refractivity contribution in [3.63, 3.8) is 0 Å². The van der Waals surface area contributed by atoms with Crippen molar-refractivity contribution in [3.05, 3.63) is 66.6 Å². The van der Waals surface area contributed by atoms with Crippen molar-refractivity contribution in [2.24, 2.45) is 0 Å². The van der Waals surface area contributed by atoms with Crippen molar-refractivity contribution in [1.29, 1.82) is 0 Å². The van der Waals surface area contributed by atoms with Gasteiger partial charge in [-0.15, -0.1) is 0 Å². The summed E-state index contributed by atoms with van der Waals surface area (Å²) in [5, 5.41) is 0. The van der Waals surface area contributed by atoms with Crippen molar-refractivity contribution < 1.29 is 0 Å². The molecule has 2 aromatic rings. The fraction of sp³-hybridized carbons (Fsp3) is 0.0833. The second kappa shape index (κ2) is 4.51. The van der Waals surface area contributed by atoms with Gasteiger partial charge in [-0.2, -0.15) is 0 Å². The largest absolute Gasteiger partial charge is 0.265 e. The van der Waals surface area contributed by atoms with Gasteiger partial charge in [0.25, 0.3) is 0 Å². The topological polar surface area (TPSA) is 25.8 Å². The number of aromatic nitrogens is 2. The number of nitrogens with zero attached hydrogens (tertiary/aromatic N) is 2. The predicted molar refractivity (Wildman–Crippen MR) is 55.6 cm³/mol. The molecule has 1 radical (unpaired) electrons. The van der Waals surface area contributed by atoms with Gasteiger partial charge in [-0.3, -0.25) is 9.97 Å². The van der Waals surface area contributed by atoms with Gasteiger partial charge in [-0.1, -0.05) is 6.07 Å². The van der Waals surface area contributed by atoms with Gasteiger partial charge >= 0.3 is 0 Å². The first-order valence-corrected chi connectivity index (χ1v) is 4.57. The van der Waals surface area contributed by atoms with E-state index < -0.39 is 0 Å². The summed E-state index contributed by atoms with van der Waals surface area (Å²) in [6.07, 6.45) is 10.4. The van der Waals surface area contributed by atoms with E-state index in [1.54, 1.807) is 18.6 Å². The van der Waals surface area contributed by atoms with E-state index in [0.29, 0.717) is 0 Å². The molecule has 0 saturated carbocycles. The highest BCUT2D eigenvalue weighted by atomic mass is 14.6. The molecule has 0 amide bonds. The van der Waals surface area contributed by atoms with Crippen LogP contribution in [0, 0.1) is 6.42 Å². The Morgan fingerprint density at radius 2 is 1.86 bits per heavy atom. The molecule has 14 heavy (non-hydrogen) atoms. The highest BCUT2D eigenvalue weighted by Gasteiger charge is 1.94. The fourth-order valence-electron chi connectivity index (χ4n) is 1.25. The first-order chi connectivity index (χ1) is 6.95. The fourth-order valence-corrected chi connectivity index (χ4v) is 1.25. The van der Waals surface area contributed by atoms with Crippen LogP contribution in [0.5, 0.6) is 0 Å². The first kappa shape index (κ1) is 8.88. The van der Waals surface area contributed by atoms with E-state index in [-0.39, 0.29) is 0 Å². The molecule has 0 spiro atoms. The van der Waals surface area contributed by atoms with Crippen molar-refractivity contribution in [1.82, 2.24) is 9.97 Å². The summed E-state index contributed by atoms with van der Waals surface area (Å²) in [7, 11) is 0. The number of hydrogen-bond donors (Lipinski definition) is 0. The van der Waals surface area contributed by atoms with E-state index in [1.165, 1.54) is 11.1 Å². The van der Waals surface area contributed by atoms with E-state index in [0.717, 1.165) is 6.42 Å². The van der Waals surface area contributed by atoms with Crippen LogP contribution in [-0.4, -0.2) is 9.97 Å². The molecule has 0 aliphatic carbocycles. The van der Waals surface area contributed by atoms with Gasteiger partial charge in [0.15, 0.2) is 0 Å². The summed E-state index contributed by atoms with van der Waals surface area (Å²) in [5.74, 6) is 0. The third-order valence-electron chi connectivity index (χ3n) is 2.00. The average Bonchev–Trinajstić information content (AvgIpc) is 2.29. The molecular formula is C12H11N2. The Balaban J connectivity index is 1.96. The molecule has 2 heteroatoms. The van der Waals surface area contributed by atoms with Crippen molar-refractivity contribution in [3.8, 4) is 0 Å². The van der Waals surface area contributed by atoms with E-state index in [1.807, 2.05) is 24.4 Å². The minimum Gasteiger partial charge on any atom is -0.265 e. The maximum Gasteiger partial charge on any atom is 0.0300 e. The maximum absolute atomic E-state index is 4.06. The lowest BCUT2D eigenvalue weighted by molar-refractivity contribution is 1.12. The average molecular weight is 183 g/mol. The van der Waals surface area contributed by atoms with E-state index in [4.69, 9.17) is 0 Å². The molecule has 0 aliphatic heterocycles. The van der Waals surface area contributed by atoms with Gasteiger partial charge in [-0.05, 0) is 42.2 Å². The SMILES string of the molecule is [CH](Cc1cccnc1)c1ccncc1. The maximum atomic E-state index is 4.06. The molecule has 2 aromatic heterocycles. The third kappa shape index (κ3) is 2.39. The molecule has 2 nitrogen and oxygen atoms in total. The van der Waals surface area contributed by atoms with Gasteiger partial charge in [-0.25, -0.2) is 0 Å². The summed E-state index contributed by atoms with van der Waals surface area (Å²) in [6, 6.07) is 8.02. The summed E-state index contributed by atoms with van der Waals surface area (Å²) in [6.45, 7) is 0. The molecule has 0 unspecified atom stereocenters. The molecular weight excluding hydrogens is 172 g/mol. The van der Waals surface area contributed by atoms with Crippen molar-refractivity contribution >= 4 is 0 Å². The zero-order chi connectivity index (χ0) is 9.64. The molecule has 0 bridgehead atoms. The van der Waals surface area contributed by atoms with Crippen LogP contribution in [0.25, 0.3) is 0 Å². The van der Waals surface area contributed by atoms with Crippen molar-refractivity contribution in [2.75, 3.05) is 0 Å². The molecule has 0 fully saturated rings. The van der Waals surface area contributed by atoms with Crippen LogP contribution in [0.4, 0.5) is 0 Å². The second-order valence-electron chi connectivity index (χ2n) is 3.05. The number of pyridine rings is 2. The van der Waals surface area contributed by atoms with Gasteiger partial charge < -0.3 is 0 Å². The lowest BCUT2D eigenvalue weighted by atomic mass is 10.1. The van der Waals surface area contributed by atoms with Crippen LogP contribution >= 0.6 is 0 Å². The molecule has 2 rings (SSSR count). The number of hydrogen-bond acceptors (Lipinski definition) is 2. The Bertz CT molecular complexity index is 331. The minimum atomic E-state index is 0.915. The van der Waals surface area contributed by atoms with Gasteiger partial charge in [0.05, 0.1) is 0 Å². The van der Waals surface area contributed by atoms with E-state index >= 15 is 0 Å². The quantitative estimate of drug-likeness (QED) is 0.729. The summed E-state index contributed by atoms with van der Waals surface area (Å²) in [5.41, 5.74) is 2.42. The molecule has 0 aliphatic rings. The highest BCUT2D eigenvalue weighted by Crippen LogP contribution is 2.06. The lowest BCUT2D eigenvalue weighted by Crippen LogP contribution is -1.89. The summed E-state index contributed by atoms with van der Waals surface area (Å²) in [4.78, 5) is 8.03. The molecule has 0 aromatic carbocycles. The minimum absolute atomic E-state index is 0.915. The Labute approximate surface area is 83.7 Å². The molecule has 0 atom stereocenters. The van der Waals surface area contributed by atoms with Crippen molar-refractivity contribution in [2.45, 2.75) is 6.42 Å². The standard InChI is InChI=1S/C12H11N2/c1-2-12(10-14-7-1)4-3-11-5-8-13-9-6-11/h1-3,5-10H,4H2. The Morgan fingerprint density at radius 3 is 2.57 bits per heavy atom. The predicted octanol–water partition coefficient (Wildman–Crippen LogP) is 2.27. The Hall–Kier alpha value is -1.70. The Morgan fingerprint density at radius 1 is 1.00 bits per heavy atom. The van der Waals surface area contributed by atoms with Crippen LogP contribution in [0.1, 0.15) is 11.1 Å². The highest BCUT2D eigenvalue weighted by molar-refractivity contribution is 5.23. The zero-order valence-electron chi connectivity index (χ0n) is 7.80. The summed E-state index contributed by atoms with van der Waals surface area (Å²) >= 11 is 0. The molecule has 0 saturated heterocycles. The van der Waals surface area contributed by atoms with Crippen LogP contribution in [0.2, 0.25) is 0 Å². The normalized spacial score (nSPS) is 10.0. The smallest absolute Gasteiger partial charge is 0.0300 e. The lowest BCUT2D eigenvalue weighted by Gasteiger charge is -1.99. The van der Waals surface area contributed by atoms with E-state index in [2.05, 4.69) is 22.5 Å². The zero-order valence-corrected chi connectivity index (χ0v) is 7.80. The molecule has 69 valence electrons. The molecule has 2 heterocycles. The van der Waals surface area contributed by atoms with Gasteiger partial charge in [0.1, 0.15) is 0 Å². The third-order valence-corrected chi connectivity index (χ3v) is 2.00. The number of rotatable bonds is 3. The van der Waals surface area contributed by atoms with Crippen LogP contribution in [0.3, 0.4) is 0 Å². The summed E-state index contributed by atoms with van der Waals surface area (Å²) < 4.78 is 0. The van der Waals surface area contributed by atoms with E-state index in [9.17, 15) is 0 Å². The molecule has 0 N–H and O–H groups in total. The van der Waals surface area contributed by atoms with Crippen LogP contribution in [0.15, 0.2) is 49.1 Å². The van der Waals surface area contributed by atoms with Gasteiger partial charge in [0.2, 0.25) is 0 Å². The van der Waals surface area contributed by atoms with Crippen LogP contribution < -0.4 is 0 Å². The monoisotopic (exact) mass is 183 g/mol. The van der Waals surface area contributed by atoms with Crippen LogP contribution in [-0.2, 0) is 6.42 Å². The van der Waals surface area contributed by atoms with Gasteiger partial charge in [0, 0.05) is 24.8 Å². The second-order valence-corrected chi connectivity index (χ2v) is 3.05. The Kier molecular flexibility index (Phi) is 2.86. The first-order valence-electron chi connectivity index (χ1n) is 4.57.